The van der Waals surface area contributed by atoms with Gasteiger partial charge in [-0.05, 0) is 35.9 Å². The highest BCUT2D eigenvalue weighted by molar-refractivity contribution is 7.98. The molecule has 2 aromatic rings. The SMILES string of the molecule is Nc1ccc([N+](=O)[O-])cc1CSc1ccc(O)cc1. The zero-order valence-corrected chi connectivity index (χ0v) is 10.8. The Kier molecular flexibility index (Phi) is 3.91. The van der Waals surface area contributed by atoms with Gasteiger partial charge >= 0.3 is 0 Å². The smallest absolute Gasteiger partial charge is 0.269 e. The van der Waals surface area contributed by atoms with Gasteiger partial charge < -0.3 is 10.8 Å². The van der Waals surface area contributed by atoms with E-state index in [1.165, 1.54) is 23.9 Å². The van der Waals surface area contributed by atoms with Crippen molar-refractivity contribution in [3.8, 4) is 5.75 Å². The van der Waals surface area contributed by atoms with Crippen LogP contribution < -0.4 is 5.73 Å². The largest absolute Gasteiger partial charge is 0.508 e. The zero-order chi connectivity index (χ0) is 13.8. The summed E-state index contributed by atoms with van der Waals surface area (Å²) in [6.07, 6.45) is 0. The van der Waals surface area contributed by atoms with Crippen molar-refractivity contribution in [2.75, 3.05) is 5.73 Å². The molecule has 0 aliphatic carbocycles. The zero-order valence-electron chi connectivity index (χ0n) is 9.95. The van der Waals surface area contributed by atoms with Gasteiger partial charge in [0.1, 0.15) is 5.75 Å². The molecule has 0 aliphatic rings. The predicted octanol–water partition coefficient (Wildman–Crippen LogP) is 3.17. The van der Waals surface area contributed by atoms with E-state index in [4.69, 9.17) is 5.73 Å². The van der Waals surface area contributed by atoms with E-state index in [1.807, 2.05) is 0 Å². The number of non-ortho nitro benzene ring substituents is 1. The summed E-state index contributed by atoms with van der Waals surface area (Å²) in [6, 6.07) is 11.2. The molecule has 0 heterocycles. The molecule has 2 aromatic carbocycles. The van der Waals surface area contributed by atoms with Crippen LogP contribution in [0.4, 0.5) is 11.4 Å². The van der Waals surface area contributed by atoms with Crippen LogP contribution in [-0.4, -0.2) is 10.0 Å². The Morgan fingerprint density at radius 2 is 1.89 bits per heavy atom. The molecule has 0 unspecified atom stereocenters. The number of phenols is 1. The standard InChI is InChI=1S/C13H12N2O3S/c14-13-6-1-10(15(17)18)7-9(13)8-19-12-4-2-11(16)3-5-12/h1-7,16H,8,14H2. The minimum absolute atomic E-state index is 0.0375. The summed E-state index contributed by atoms with van der Waals surface area (Å²) in [7, 11) is 0. The summed E-state index contributed by atoms with van der Waals surface area (Å²) in [5.41, 5.74) is 7.11. The maximum absolute atomic E-state index is 10.7. The molecule has 0 spiro atoms. The van der Waals surface area contributed by atoms with E-state index in [0.29, 0.717) is 11.4 Å². The normalized spacial score (nSPS) is 10.3. The fourth-order valence-electron chi connectivity index (χ4n) is 1.53. The Bertz CT molecular complexity index is 599. The van der Waals surface area contributed by atoms with Gasteiger partial charge in [-0.1, -0.05) is 0 Å². The van der Waals surface area contributed by atoms with Crippen molar-refractivity contribution in [1.82, 2.24) is 0 Å². The minimum atomic E-state index is -0.436. The lowest BCUT2D eigenvalue weighted by Crippen LogP contribution is -1.95. The van der Waals surface area contributed by atoms with Gasteiger partial charge in [0.05, 0.1) is 4.92 Å². The number of nitro groups is 1. The van der Waals surface area contributed by atoms with Crippen LogP contribution in [0.15, 0.2) is 47.4 Å². The van der Waals surface area contributed by atoms with Crippen molar-refractivity contribution < 1.29 is 10.0 Å². The molecular formula is C13H12N2O3S. The highest BCUT2D eigenvalue weighted by Gasteiger charge is 2.09. The molecule has 98 valence electrons. The number of anilines is 1. The summed E-state index contributed by atoms with van der Waals surface area (Å²) >= 11 is 1.50. The highest BCUT2D eigenvalue weighted by atomic mass is 32.2. The van der Waals surface area contributed by atoms with Crippen LogP contribution in [0.25, 0.3) is 0 Å². The number of nitrogen functional groups attached to an aromatic ring is 1. The van der Waals surface area contributed by atoms with Crippen LogP contribution in [0.2, 0.25) is 0 Å². The quantitative estimate of drug-likeness (QED) is 0.387. The second-order valence-corrected chi connectivity index (χ2v) is 4.97. The molecule has 19 heavy (non-hydrogen) atoms. The van der Waals surface area contributed by atoms with Gasteiger partial charge in [-0.25, -0.2) is 0 Å². The first-order valence-corrected chi connectivity index (χ1v) is 6.49. The second kappa shape index (κ2) is 5.62. The third-order valence-corrected chi connectivity index (χ3v) is 3.63. The fourth-order valence-corrected chi connectivity index (χ4v) is 2.43. The Labute approximate surface area is 114 Å². The first kappa shape index (κ1) is 13.2. The lowest BCUT2D eigenvalue weighted by atomic mass is 10.2. The van der Waals surface area contributed by atoms with Crippen molar-refractivity contribution in [3.05, 3.63) is 58.1 Å². The maximum atomic E-state index is 10.7. The minimum Gasteiger partial charge on any atom is -0.508 e. The van der Waals surface area contributed by atoms with Crippen LogP contribution in [0.1, 0.15) is 5.56 Å². The van der Waals surface area contributed by atoms with Crippen LogP contribution in [-0.2, 0) is 5.75 Å². The molecule has 0 bridgehead atoms. The molecule has 6 heteroatoms. The van der Waals surface area contributed by atoms with Gasteiger partial charge in [0, 0.05) is 28.5 Å². The number of benzene rings is 2. The van der Waals surface area contributed by atoms with E-state index in [0.717, 1.165) is 10.5 Å². The number of rotatable bonds is 4. The summed E-state index contributed by atoms with van der Waals surface area (Å²) < 4.78 is 0. The van der Waals surface area contributed by atoms with E-state index in [-0.39, 0.29) is 11.4 Å². The molecule has 0 saturated carbocycles. The van der Waals surface area contributed by atoms with Gasteiger partial charge in [-0.3, -0.25) is 10.1 Å². The first-order chi connectivity index (χ1) is 9.06. The van der Waals surface area contributed by atoms with E-state index in [1.54, 1.807) is 30.3 Å². The number of thioether (sulfide) groups is 1. The molecular weight excluding hydrogens is 264 g/mol. The summed E-state index contributed by atoms with van der Waals surface area (Å²) in [6.45, 7) is 0. The number of nitrogens with two attached hydrogens (primary N) is 1. The average molecular weight is 276 g/mol. The van der Waals surface area contributed by atoms with E-state index in [2.05, 4.69) is 0 Å². The molecule has 0 aromatic heterocycles. The Hall–Kier alpha value is -2.21. The van der Waals surface area contributed by atoms with Gasteiger partial charge in [-0.2, -0.15) is 0 Å². The van der Waals surface area contributed by atoms with Crippen molar-refractivity contribution in [2.24, 2.45) is 0 Å². The predicted molar refractivity (Wildman–Crippen MR) is 75.2 cm³/mol. The van der Waals surface area contributed by atoms with Gasteiger partial charge in [0.15, 0.2) is 0 Å². The molecule has 3 N–H and O–H groups in total. The summed E-state index contributed by atoms with van der Waals surface area (Å²) in [4.78, 5) is 11.2. The monoisotopic (exact) mass is 276 g/mol. The van der Waals surface area contributed by atoms with Gasteiger partial charge in [0.25, 0.3) is 5.69 Å². The molecule has 2 rings (SSSR count). The maximum Gasteiger partial charge on any atom is 0.269 e. The Morgan fingerprint density at radius 1 is 1.21 bits per heavy atom. The summed E-state index contributed by atoms with van der Waals surface area (Å²) in [5, 5.41) is 19.9. The first-order valence-electron chi connectivity index (χ1n) is 5.51. The number of aromatic hydroxyl groups is 1. The number of phenolic OH excluding ortho intramolecular Hbond substituents is 1. The van der Waals surface area contributed by atoms with Gasteiger partial charge in [-0.15, -0.1) is 11.8 Å². The molecule has 0 amide bonds. The van der Waals surface area contributed by atoms with E-state index in [9.17, 15) is 15.2 Å². The van der Waals surface area contributed by atoms with Crippen molar-refractivity contribution >= 4 is 23.1 Å². The molecule has 5 nitrogen and oxygen atoms in total. The highest BCUT2D eigenvalue weighted by Crippen LogP contribution is 2.28. The van der Waals surface area contributed by atoms with E-state index >= 15 is 0 Å². The van der Waals surface area contributed by atoms with Crippen molar-refractivity contribution in [2.45, 2.75) is 10.6 Å². The lowest BCUT2D eigenvalue weighted by Gasteiger charge is -2.05. The average Bonchev–Trinajstić information content (AvgIpc) is 2.39. The van der Waals surface area contributed by atoms with Crippen LogP contribution in [0, 0.1) is 10.1 Å². The van der Waals surface area contributed by atoms with Crippen molar-refractivity contribution in [1.29, 1.82) is 0 Å². The third kappa shape index (κ3) is 3.38. The van der Waals surface area contributed by atoms with Crippen LogP contribution in [0.3, 0.4) is 0 Å². The topological polar surface area (TPSA) is 89.4 Å². The molecule has 0 fully saturated rings. The molecule has 0 aliphatic heterocycles. The van der Waals surface area contributed by atoms with Crippen molar-refractivity contribution in [3.63, 3.8) is 0 Å². The second-order valence-electron chi connectivity index (χ2n) is 3.92. The number of nitro benzene ring substituents is 1. The summed E-state index contributed by atoms with van der Waals surface area (Å²) in [5.74, 6) is 0.748. The fraction of sp³-hybridized carbons (Fsp3) is 0.0769. The molecule has 0 saturated heterocycles. The third-order valence-electron chi connectivity index (χ3n) is 2.57. The molecule has 0 radical (unpaired) electrons. The number of nitrogens with zero attached hydrogens (tertiary/aromatic N) is 1. The molecule has 0 atom stereocenters. The van der Waals surface area contributed by atoms with Crippen LogP contribution >= 0.6 is 11.8 Å². The Morgan fingerprint density at radius 3 is 2.53 bits per heavy atom. The Balaban J connectivity index is 2.12. The van der Waals surface area contributed by atoms with Crippen LogP contribution in [0.5, 0.6) is 5.75 Å². The lowest BCUT2D eigenvalue weighted by molar-refractivity contribution is -0.384. The number of hydrogen-bond acceptors (Lipinski definition) is 5. The van der Waals surface area contributed by atoms with E-state index < -0.39 is 4.92 Å². The van der Waals surface area contributed by atoms with Gasteiger partial charge in [0.2, 0.25) is 0 Å². The number of hydrogen-bond donors (Lipinski definition) is 2.